The van der Waals surface area contributed by atoms with Gasteiger partial charge < -0.3 is 4.42 Å². The summed E-state index contributed by atoms with van der Waals surface area (Å²) in [6, 6.07) is 12.1. The molecule has 0 bridgehead atoms. The highest BCUT2D eigenvalue weighted by molar-refractivity contribution is 5.60. The lowest BCUT2D eigenvalue weighted by molar-refractivity contribution is 0.581. The average Bonchev–Trinajstić information content (AvgIpc) is 2.53. The normalized spacial score (nSPS) is 10.1. The van der Waals surface area contributed by atoms with Crippen LogP contribution in [0.3, 0.4) is 0 Å². The summed E-state index contributed by atoms with van der Waals surface area (Å²) in [5, 5.41) is 0. The van der Waals surface area contributed by atoms with Crippen molar-refractivity contribution in [3.63, 3.8) is 0 Å². The monoisotopic (exact) mass is 158 g/mol. The fraction of sp³-hybridized carbons (Fsp3) is 0.0909. The summed E-state index contributed by atoms with van der Waals surface area (Å²) < 4.78 is 5.35. The molecule has 0 aliphatic heterocycles. The van der Waals surface area contributed by atoms with Crippen molar-refractivity contribution in [1.29, 1.82) is 0 Å². The van der Waals surface area contributed by atoms with Gasteiger partial charge >= 0.3 is 0 Å². The van der Waals surface area contributed by atoms with E-state index in [4.69, 9.17) is 4.42 Å². The van der Waals surface area contributed by atoms with Crippen LogP contribution in [0.1, 0.15) is 5.56 Å². The summed E-state index contributed by atoms with van der Waals surface area (Å²) in [7, 11) is 0. The van der Waals surface area contributed by atoms with Gasteiger partial charge in [-0.05, 0) is 18.6 Å². The summed E-state index contributed by atoms with van der Waals surface area (Å²) >= 11 is 0. The van der Waals surface area contributed by atoms with Crippen LogP contribution in [-0.4, -0.2) is 0 Å². The molecule has 1 nitrogen and oxygen atoms in total. The Bertz CT molecular complexity index is 360. The molecule has 0 unspecified atom stereocenters. The van der Waals surface area contributed by atoms with Gasteiger partial charge in [0.05, 0.1) is 6.26 Å². The predicted molar refractivity (Wildman–Crippen MR) is 48.9 cm³/mol. The smallest absolute Gasteiger partial charge is 0.136 e. The van der Waals surface area contributed by atoms with E-state index in [0.717, 1.165) is 11.3 Å². The van der Waals surface area contributed by atoms with Crippen LogP contribution < -0.4 is 0 Å². The quantitative estimate of drug-likeness (QED) is 0.620. The second kappa shape index (κ2) is 2.86. The van der Waals surface area contributed by atoms with Crippen molar-refractivity contribution in [2.24, 2.45) is 0 Å². The van der Waals surface area contributed by atoms with Crippen molar-refractivity contribution in [2.75, 3.05) is 0 Å². The lowest BCUT2D eigenvalue weighted by Gasteiger charge is -1.96. The summed E-state index contributed by atoms with van der Waals surface area (Å²) in [6.45, 7) is 2.05. The molecule has 0 atom stereocenters. The van der Waals surface area contributed by atoms with E-state index >= 15 is 0 Å². The van der Waals surface area contributed by atoms with Gasteiger partial charge in [-0.25, -0.2) is 0 Å². The van der Waals surface area contributed by atoms with Crippen molar-refractivity contribution in [3.8, 4) is 11.3 Å². The van der Waals surface area contributed by atoms with E-state index in [-0.39, 0.29) is 0 Å². The molecule has 2 aromatic rings. The zero-order valence-electron chi connectivity index (χ0n) is 6.95. The molecule has 1 aromatic carbocycles. The maximum Gasteiger partial charge on any atom is 0.136 e. The van der Waals surface area contributed by atoms with Crippen molar-refractivity contribution >= 4 is 0 Å². The molecule has 1 heterocycles. The summed E-state index contributed by atoms with van der Waals surface area (Å²) in [4.78, 5) is 0. The highest BCUT2D eigenvalue weighted by Crippen LogP contribution is 2.23. The molecule has 0 radical (unpaired) electrons. The Kier molecular flexibility index (Phi) is 1.71. The molecule has 1 heteroatoms. The van der Waals surface area contributed by atoms with Crippen molar-refractivity contribution in [2.45, 2.75) is 6.92 Å². The lowest BCUT2D eigenvalue weighted by Crippen LogP contribution is -1.74. The first-order valence-electron chi connectivity index (χ1n) is 3.97. The molecule has 60 valence electrons. The number of furan rings is 1. The summed E-state index contributed by atoms with van der Waals surface area (Å²) in [5.74, 6) is 0.968. The highest BCUT2D eigenvalue weighted by atomic mass is 16.3. The first-order chi connectivity index (χ1) is 5.88. The van der Waals surface area contributed by atoms with E-state index in [2.05, 4.69) is 0 Å². The van der Waals surface area contributed by atoms with E-state index in [9.17, 15) is 0 Å². The second-order valence-corrected chi connectivity index (χ2v) is 2.80. The maximum atomic E-state index is 5.35. The van der Waals surface area contributed by atoms with Crippen LogP contribution in [0.5, 0.6) is 0 Å². The van der Waals surface area contributed by atoms with Crippen LogP contribution >= 0.6 is 0 Å². The molecule has 0 aliphatic carbocycles. The van der Waals surface area contributed by atoms with Crippen LogP contribution in [0.25, 0.3) is 11.3 Å². The van der Waals surface area contributed by atoms with Gasteiger partial charge in [0.1, 0.15) is 5.76 Å². The Morgan fingerprint density at radius 2 is 1.75 bits per heavy atom. The minimum absolute atomic E-state index is 0.968. The van der Waals surface area contributed by atoms with Crippen LogP contribution in [0, 0.1) is 6.92 Å². The minimum atomic E-state index is 0.968. The molecule has 0 saturated heterocycles. The number of benzene rings is 1. The van der Waals surface area contributed by atoms with Crippen LogP contribution in [-0.2, 0) is 0 Å². The fourth-order valence-corrected chi connectivity index (χ4v) is 1.26. The zero-order valence-corrected chi connectivity index (χ0v) is 6.95. The third-order valence-electron chi connectivity index (χ3n) is 1.90. The van der Waals surface area contributed by atoms with Gasteiger partial charge in [0.15, 0.2) is 0 Å². The Morgan fingerprint density at radius 3 is 2.33 bits per heavy atom. The van der Waals surface area contributed by atoms with E-state index < -0.39 is 0 Å². The topological polar surface area (TPSA) is 13.1 Å². The molecule has 0 N–H and O–H groups in total. The van der Waals surface area contributed by atoms with Gasteiger partial charge in [-0.2, -0.15) is 0 Å². The summed E-state index contributed by atoms with van der Waals surface area (Å²) in [5.41, 5.74) is 2.32. The largest absolute Gasteiger partial charge is 0.464 e. The van der Waals surface area contributed by atoms with E-state index in [0.29, 0.717) is 0 Å². The first-order valence-corrected chi connectivity index (χ1v) is 3.97. The fourth-order valence-electron chi connectivity index (χ4n) is 1.26. The lowest BCUT2D eigenvalue weighted by atomic mass is 10.1. The van der Waals surface area contributed by atoms with E-state index in [1.54, 1.807) is 6.26 Å². The average molecular weight is 158 g/mol. The van der Waals surface area contributed by atoms with E-state index in [1.807, 2.05) is 43.3 Å². The molecule has 0 aliphatic rings. The van der Waals surface area contributed by atoms with Gasteiger partial charge in [0, 0.05) is 5.56 Å². The van der Waals surface area contributed by atoms with Gasteiger partial charge in [-0.1, -0.05) is 30.3 Å². The molecule has 0 fully saturated rings. The standard InChI is InChI=1S/C11H10O/c1-9-7-8-12-11(9)10-5-3-2-4-6-10/h2-8H,1H3. The van der Waals surface area contributed by atoms with Gasteiger partial charge in [0.2, 0.25) is 0 Å². The van der Waals surface area contributed by atoms with Crippen molar-refractivity contribution in [3.05, 3.63) is 48.2 Å². The molecule has 1 aromatic heterocycles. The molecule has 0 amide bonds. The highest BCUT2D eigenvalue weighted by Gasteiger charge is 2.02. The summed E-state index contributed by atoms with van der Waals surface area (Å²) in [6.07, 6.45) is 1.72. The minimum Gasteiger partial charge on any atom is -0.464 e. The predicted octanol–water partition coefficient (Wildman–Crippen LogP) is 3.26. The van der Waals surface area contributed by atoms with E-state index in [1.165, 1.54) is 5.56 Å². The molecule has 2 rings (SSSR count). The van der Waals surface area contributed by atoms with Crippen LogP contribution in [0.4, 0.5) is 0 Å². The number of aryl methyl sites for hydroxylation is 1. The molecular weight excluding hydrogens is 148 g/mol. The third kappa shape index (κ3) is 1.14. The van der Waals surface area contributed by atoms with Gasteiger partial charge in [-0.3, -0.25) is 0 Å². The molecule has 0 saturated carbocycles. The SMILES string of the molecule is Cc1ccoc1-c1ccccc1. The Balaban J connectivity index is 2.51. The van der Waals surface area contributed by atoms with Crippen molar-refractivity contribution < 1.29 is 4.42 Å². The Labute approximate surface area is 71.6 Å². The molecule has 12 heavy (non-hydrogen) atoms. The van der Waals surface area contributed by atoms with Crippen molar-refractivity contribution in [1.82, 2.24) is 0 Å². The van der Waals surface area contributed by atoms with Crippen LogP contribution in [0.2, 0.25) is 0 Å². The zero-order chi connectivity index (χ0) is 8.39. The van der Waals surface area contributed by atoms with Gasteiger partial charge in [0.25, 0.3) is 0 Å². The maximum absolute atomic E-state index is 5.35. The van der Waals surface area contributed by atoms with Crippen LogP contribution in [0.15, 0.2) is 47.1 Å². The Hall–Kier alpha value is -1.50. The Morgan fingerprint density at radius 1 is 1.00 bits per heavy atom. The third-order valence-corrected chi connectivity index (χ3v) is 1.90. The number of hydrogen-bond acceptors (Lipinski definition) is 1. The van der Waals surface area contributed by atoms with Gasteiger partial charge in [-0.15, -0.1) is 0 Å². The first kappa shape index (κ1) is 7.17. The number of hydrogen-bond donors (Lipinski definition) is 0. The number of rotatable bonds is 1. The molecular formula is C11H10O. The second-order valence-electron chi connectivity index (χ2n) is 2.80. The molecule has 0 spiro atoms.